The molecule has 2 fully saturated rings. The minimum atomic E-state index is -3.76. The molecule has 192 valence electrons. The first kappa shape index (κ1) is 26.0. The van der Waals surface area contributed by atoms with E-state index in [1.807, 2.05) is 0 Å². The molecule has 0 aliphatic carbocycles. The zero-order chi connectivity index (χ0) is 25.9. The standard InChI is InChI=1S/C25H27FN2O7S/c1-34-14-4-11-28-22(19-5-2-3-6-20(19)26)21(24(30)25(28)31)23(29)17-7-9-18(10-8-17)36(32,33)27-12-15-35-16-13-27/h2-3,5-10,22,29H,4,11-16H2,1H3. The fourth-order valence-electron chi connectivity index (χ4n) is 4.39. The Morgan fingerprint density at radius 3 is 2.42 bits per heavy atom. The average Bonchev–Trinajstić information content (AvgIpc) is 3.14. The summed E-state index contributed by atoms with van der Waals surface area (Å²) >= 11 is 0. The van der Waals surface area contributed by atoms with Crippen molar-refractivity contribution >= 4 is 27.5 Å². The number of aliphatic hydroxyl groups is 1. The molecule has 36 heavy (non-hydrogen) atoms. The van der Waals surface area contributed by atoms with Crippen molar-refractivity contribution in [2.75, 3.05) is 46.6 Å². The SMILES string of the molecule is COCCCN1C(=O)C(=O)C(=C(O)c2ccc(S(=O)(=O)N3CCOCC3)cc2)C1c1ccccc1F. The molecule has 0 bridgehead atoms. The van der Waals surface area contributed by atoms with Gasteiger partial charge >= 0.3 is 0 Å². The number of hydrogen-bond donors (Lipinski definition) is 1. The Labute approximate surface area is 208 Å². The van der Waals surface area contributed by atoms with Crippen molar-refractivity contribution in [2.45, 2.75) is 17.4 Å². The van der Waals surface area contributed by atoms with E-state index in [0.717, 1.165) is 0 Å². The van der Waals surface area contributed by atoms with Gasteiger partial charge in [-0.15, -0.1) is 0 Å². The van der Waals surface area contributed by atoms with E-state index < -0.39 is 39.3 Å². The number of ether oxygens (including phenoxy) is 2. The monoisotopic (exact) mass is 518 g/mol. The second-order valence-electron chi connectivity index (χ2n) is 8.40. The maximum absolute atomic E-state index is 14.8. The van der Waals surface area contributed by atoms with Crippen LogP contribution in [0.25, 0.3) is 5.76 Å². The number of halogens is 1. The number of benzene rings is 2. The molecule has 4 rings (SSSR count). The van der Waals surface area contributed by atoms with Crippen LogP contribution < -0.4 is 0 Å². The second-order valence-corrected chi connectivity index (χ2v) is 10.3. The second kappa shape index (κ2) is 10.9. The molecule has 2 aromatic carbocycles. The normalized spacial score (nSPS) is 20.7. The van der Waals surface area contributed by atoms with Gasteiger partial charge in [0.1, 0.15) is 11.6 Å². The molecular formula is C25H27FN2O7S. The first-order valence-electron chi connectivity index (χ1n) is 11.5. The summed E-state index contributed by atoms with van der Waals surface area (Å²) in [5.74, 6) is -2.93. The molecule has 0 radical (unpaired) electrons. The highest BCUT2D eigenvalue weighted by atomic mass is 32.2. The number of morpholine rings is 1. The quantitative estimate of drug-likeness (QED) is 0.247. The highest BCUT2D eigenvalue weighted by Gasteiger charge is 2.46. The summed E-state index contributed by atoms with van der Waals surface area (Å²) in [5.41, 5.74) is -0.0550. The Kier molecular flexibility index (Phi) is 7.84. The van der Waals surface area contributed by atoms with Crippen molar-refractivity contribution < 1.29 is 37.0 Å². The lowest BCUT2D eigenvalue weighted by atomic mass is 9.95. The fourth-order valence-corrected chi connectivity index (χ4v) is 5.79. The maximum Gasteiger partial charge on any atom is 0.295 e. The fraction of sp³-hybridized carbons (Fsp3) is 0.360. The molecule has 9 nitrogen and oxygen atoms in total. The molecule has 2 saturated heterocycles. The Balaban J connectivity index is 1.73. The van der Waals surface area contributed by atoms with Gasteiger partial charge in [0, 0.05) is 44.5 Å². The summed E-state index contributed by atoms with van der Waals surface area (Å²) in [6, 6.07) is 9.98. The van der Waals surface area contributed by atoms with Gasteiger partial charge in [0.2, 0.25) is 10.0 Å². The number of sulfonamides is 1. The molecule has 2 aromatic rings. The number of likely N-dealkylation sites (tertiary alicyclic amines) is 1. The highest BCUT2D eigenvalue weighted by Crippen LogP contribution is 2.40. The van der Waals surface area contributed by atoms with Crippen LogP contribution in [0, 0.1) is 5.82 Å². The van der Waals surface area contributed by atoms with Crippen LogP contribution in [0.2, 0.25) is 0 Å². The van der Waals surface area contributed by atoms with Gasteiger partial charge in [-0.25, -0.2) is 12.8 Å². The number of hydrogen-bond acceptors (Lipinski definition) is 7. The van der Waals surface area contributed by atoms with Gasteiger partial charge in [0.05, 0.1) is 29.7 Å². The van der Waals surface area contributed by atoms with Crippen molar-refractivity contribution in [3.8, 4) is 0 Å². The molecule has 2 aliphatic rings. The molecule has 0 spiro atoms. The number of methoxy groups -OCH3 is 1. The van der Waals surface area contributed by atoms with Crippen LogP contribution in [-0.2, 0) is 29.1 Å². The molecule has 0 aromatic heterocycles. The Morgan fingerprint density at radius 1 is 1.11 bits per heavy atom. The maximum atomic E-state index is 14.8. The number of ketones is 1. The van der Waals surface area contributed by atoms with E-state index in [4.69, 9.17) is 9.47 Å². The molecule has 1 unspecified atom stereocenters. The van der Waals surface area contributed by atoms with Crippen molar-refractivity contribution in [3.05, 3.63) is 71.0 Å². The number of carbonyl (C=O) groups is 2. The van der Waals surface area contributed by atoms with Crippen molar-refractivity contribution in [1.82, 2.24) is 9.21 Å². The van der Waals surface area contributed by atoms with Crippen molar-refractivity contribution in [2.24, 2.45) is 0 Å². The van der Waals surface area contributed by atoms with Gasteiger partial charge in [0.25, 0.3) is 11.7 Å². The molecular weight excluding hydrogens is 491 g/mol. The zero-order valence-electron chi connectivity index (χ0n) is 19.7. The summed E-state index contributed by atoms with van der Waals surface area (Å²) in [5, 5.41) is 11.1. The van der Waals surface area contributed by atoms with Crippen LogP contribution in [0.15, 0.2) is 59.0 Å². The Bertz CT molecular complexity index is 1270. The van der Waals surface area contributed by atoms with Crippen molar-refractivity contribution in [3.63, 3.8) is 0 Å². The average molecular weight is 519 g/mol. The first-order valence-corrected chi connectivity index (χ1v) is 12.9. The Morgan fingerprint density at radius 2 is 1.78 bits per heavy atom. The largest absolute Gasteiger partial charge is 0.507 e. The third-order valence-electron chi connectivity index (χ3n) is 6.22. The zero-order valence-corrected chi connectivity index (χ0v) is 20.5. The molecule has 1 N–H and O–H groups in total. The predicted molar refractivity (Wildman–Crippen MR) is 128 cm³/mol. The molecule has 1 amide bonds. The summed E-state index contributed by atoms with van der Waals surface area (Å²) in [7, 11) is -2.25. The molecule has 11 heteroatoms. The predicted octanol–water partition coefficient (Wildman–Crippen LogP) is 2.30. The molecule has 2 aliphatic heterocycles. The highest BCUT2D eigenvalue weighted by molar-refractivity contribution is 7.89. The number of rotatable bonds is 8. The van der Waals surface area contributed by atoms with Gasteiger partial charge in [-0.3, -0.25) is 9.59 Å². The van der Waals surface area contributed by atoms with Crippen LogP contribution in [0.3, 0.4) is 0 Å². The van der Waals surface area contributed by atoms with Crippen LogP contribution >= 0.6 is 0 Å². The third kappa shape index (κ3) is 4.92. The van der Waals surface area contributed by atoms with Crippen molar-refractivity contribution in [1.29, 1.82) is 0 Å². The lowest BCUT2D eigenvalue weighted by molar-refractivity contribution is -0.140. The summed E-state index contributed by atoms with van der Waals surface area (Å²) in [6.45, 7) is 1.52. The lowest BCUT2D eigenvalue weighted by Gasteiger charge is -2.26. The number of amides is 1. The number of aliphatic hydroxyl groups excluding tert-OH is 1. The summed E-state index contributed by atoms with van der Waals surface area (Å²) in [6.07, 6.45) is 0.405. The molecule has 0 saturated carbocycles. The van der Waals surface area contributed by atoms with E-state index in [0.29, 0.717) is 26.2 Å². The van der Waals surface area contributed by atoms with E-state index in [1.54, 1.807) is 6.07 Å². The van der Waals surface area contributed by atoms with Gasteiger partial charge in [-0.05, 0) is 36.8 Å². The summed E-state index contributed by atoms with van der Waals surface area (Å²) < 4.78 is 52.2. The van der Waals surface area contributed by atoms with Crippen LogP contribution in [0.4, 0.5) is 4.39 Å². The molecule has 2 heterocycles. The smallest absolute Gasteiger partial charge is 0.295 e. The van der Waals surface area contributed by atoms with Gasteiger partial charge < -0.3 is 19.5 Å². The van der Waals surface area contributed by atoms with Crippen LogP contribution in [-0.4, -0.2) is 81.0 Å². The van der Waals surface area contributed by atoms with E-state index in [1.165, 1.54) is 58.8 Å². The summed E-state index contributed by atoms with van der Waals surface area (Å²) in [4.78, 5) is 27.1. The van der Waals surface area contributed by atoms with Gasteiger partial charge in [-0.1, -0.05) is 18.2 Å². The van der Waals surface area contributed by atoms with E-state index in [9.17, 15) is 27.5 Å². The molecule has 1 atom stereocenters. The number of nitrogens with zero attached hydrogens (tertiary/aromatic N) is 2. The minimum absolute atomic E-state index is 0.0200. The van der Waals surface area contributed by atoms with E-state index in [2.05, 4.69) is 0 Å². The number of carbonyl (C=O) groups excluding carboxylic acids is 2. The third-order valence-corrected chi connectivity index (χ3v) is 8.14. The number of Topliss-reactive ketones (excluding diaryl/α,β-unsaturated/α-hetero) is 1. The first-order chi connectivity index (χ1) is 17.3. The van der Waals surface area contributed by atoms with Crippen LogP contribution in [0.5, 0.6) is 0 Å². The van der Waals surface area contributed by atoms with E-state index in [-0.39, 0.29) is 41.2 Å². The minimum Gasteiger partial charge on any atom is -0.507 e. The van der Waals surface area contributed by atoms with Gasteiger partial charge in [-0.2, -0.15) is 4.31 Å². The van der Waals surface area contributed by atoms with Gasteiger partial charge in [0.15, 0.2) is 0 Å². The van der Waals surface area contributed by atoms with E-state index >= 15 is 0 Å². The van der Waals surface area contributed by atoms with Crippen LogP contribution in [0.1, 0.15) is 23.6 Å². The Hall–Kier alpha value is -3.12. The topological polar surface area (TPSA) is 113 Å². The lowest BCUT2D eigenvalue weighted by Crippen LogP contribution is -2.40.